The van der Waals surface area contributed by atoms with Crippen LogP contribution >= 0.6 is 0 Å². The van der Waals surface area contributed by atoms with Gasteiger partial charge in [0.25, 0.3) is 0 Å². The zero-order valence-corrected chi connectivity index (χ0v) is 12.6. The van der Waals surface area contributed by atoms with Gasteiger partial charge in [0.1, 0.15) is 6.61 Å². The fraction of sp³-hybridized carbons (Fsp3) is 0.647. The van der Waals surface area contributed by atoms with Crippen LogP contribution < -0.4 is 0 Å². The van der Waals surface area contributed by atoms with Gasteiger partial charge in [0, 0.05) is 13.1 Å². The highest BCUT2D eigenvalue weighted by atomic mass is 16.5. The molecule has 0 amide bonds. The third kappa shape index (κ3) is 4.14. The SMILES string of the molecule is C=C(OCC1=CCCC=C1)N1CCC(C(O)CC)CC1. The molecule has 1 heterocycles. The van der Waals surface area contributed by atoms with Gasteiger partial charge in [0.05, 0.1) is 6.10 Å². The summed E-state index contributed by atoms with van der Waals surface area (Å²) >= 11 is 0. The molecule has 3 heteroatoms. The fourth-order valence-corrected chi connectivity index (χ4v) is 2.90. The van der Waals surface area contributed by atoms with Gasteiger partial charge in [-0.15, -0.1) is 0 Å². The molecule has 1 saturated heterocycles. The van der Waals surface area contributed by atoms with E-state index in [0.29, 0.717) is 12.5 Å². The van der Waals surface area contributed by atoms with Crippen LogP contribution in [0.4, 0.5) is 0 Å². The van der Waals surface area contributed by atoms with Crippen LogP contribution in [-0.2, 0) is 4.74 Å². The third-order valence-electron chi connectivity index (χ3n) is 4.33. The standard InChI is InChI=1S/C17H27NO2/c1-3-17(19)16-9-11-18(12-10-16)14(2)20-13-15-7-5-4-6-8-15/h5,7-8,16-17,19H,2-4,6,9-13H2,1H3. The number of hydrogen-bond acceptors (Lipinski definition) is 3. The second kappa shape index (κ2) is 7.53. The van der Waals surface area contributed by atoms with Gasteiger partial charge in [-0.2, -0.15) is 0 Å². The largest absolute Gasteiger partial charge is 0.475 e. The maximum absolute atomic E-state index is 9.89. The van der Waals surface area contributed by atoms with Crippen molar-refractivity contribution in [2.45, 2.75) is 45.1 Å². The Morgan fingerprint density at radius 1 is 1.45 bits per heavy atom. The van der Waals surface area contributed by atoms with Gasteiger partial charge in [0.2, 0.25) is 0 Å². The summed E-state index contributed by atoms with van der Waals surface area (Å²) in [5, 5.41) is 9.89. The van der Waals surface area contributed by atoms with Gasteiger partial charge in [-0.05, 0) is 50.2 Å². The first kappa shape index (κ1) is 15.2. The lowest BCUT2D eigenvalue weighted by Gasteiger charge is -2.35. The van der Waals surface area contributed by atoms with Gasteiger partial charge >= 0.3 is 0 Å². The molecular weight excluding hydrogens is 250 g/mol. The van der Waals surface area contributed by atoms with Crippen LogP contribution in [0.1, 0.15) is 39.0 Å². The zero-order chi connectivity index (χ0) is 14.4. The summed E-state index contributed by atoms with van der Waals surface area (Å²) in [4.78, 5) is 2.20. The number of aliphatic hydroxyl groups is 1. The number of nitrogens with zero attached hydrogens (tertiary/aromatic N) is 1. The van der Waals surface area contributed by atoms with Crippen LogP contribution in [0.3, 0.4) is 0 Å². The molecule has 0 radical (unpaired) electrons. The number of piperidine rings is 1. The monoisotopic (exact) mass is 277 g/mol. The lowest BCUT2D eigenvalue weighted by atomic mass is 9.90. The maximum Gasteiger partial charge on any atom is 0.182 e. The van der Waals surface area contributed by atoms with Crippen LogP contribution in [0.5, 0.6) is 0 Å². The first-order valence-electron chi connectivity index (χ1n) is 7.81. The average molecular weight is 277 g/mol. The van der Waals surface area contributed by atoms with Crippen molar-refractivity contribution >= 4 is 0 Å². The van der Waals surface area contributed by atoms with Crippen molar-refractivity contribution in [3.8, 4) is 0 Å². The molecule has 0 saturated carbocycles. The molecule has 20 heavy (non-hydrogen) atoms. The number of ether oxygens (including phenoxy) is 1. The first-order valence-corrected chi connectivity index (χ1v) is 7.81. The number of rotatable bonds is 6. The molecule has 3 nitrogen and oxygen atoms in total. The minimum atomic E-state index is -0.149. The molecule has 0 spiro atoms. The molecular formula is C17H27NO2. The second-order valence-corrected chi connectivity index (χ2v) is 5.74. The highest BCUT2D eigenvalue weighted by molar-refractivity contribution is 5.22. The molecule has 1 aliphatic carbocycles. The molecule has 0 aromatic heterocycles. The predicted octanol–water partition coefficient (Wildman–Crippen LogP) is 3.23. The predicted molar refractivity (Wildman–Crippen MR) is 82.1 cm³/mol. The minimum Gasteiger partial charge on any atom is -0.475 e. The van der Waals surface area contributed by atoms with Crippen LogP contribution in [0.2, 0.25) is 0 Å². The second-order valence-electron chi connectivity index (χ2n) is 5.74. The Morgan fingerprint density at radius 2 is 2.20 bits per heavy atom. The number of allylic oxidation sites excluding steroid dienone is 2. The number of hydrogen-bond donors (Lipinski definition) is 1. The van der Waals surface area contributed by atoms with E-state index in [-0.39, 0.29) is 6.10 Å². The van der Waals surface area contributed by atoms with E-state index in [9.17, 15) is 5.11 Å². The smallest absolute Gasteiger partial charge is 0.182 e. The molecule has 1 unspecified atom stereocenters. The van der Waals surface area contributed by atoms with E-state index in [1.165, 1.54) is 5.57 Å². The van der Waals surface area contributed by atoms with E-state index >= 15 is 0 Å². The Kier molecular flexibility index (Phi) is 5.72. The molecule has 112 valence electrons. The summed E-state index contributed by atoms with van der Waals surface area (Å²) in [6.07, 6.45) is 11.6. The van der Waals surface area contributed by atoms with E-state index in [2.05, 4.69) is 29.7 Å². The van der Waals surface area contributed by atoms with Gasteiger partial charge in [-0.3, -0.25) is 0 Å². The lowest BCUT2D eigenvalue weighted by molar-refractivity contribution is 0.0423. The number of aliphatic hydroxyl groups excluding tert-OH is 1. The van der Waals surface area contributed by atoms with Crippen LogP contribution in [-0.4, -0.2) is 35.8 Å². The minimum absolute atomic E-state index is 0.149. The summed E-state index contributed by atoms with van der Waals surface area (Å²) in [5.41, 5.74) is 1.24. The summed E-state index contributed by atoms with van der Waals surface area (Å²) in [5.74, 6) is 1.21. The van der Waals surface area contributed by atoms with Crippen molar-refractivity contribution in [1.82, 2.24) is 4.90 Å². The highest BCUT2D eigenvalue weighted by Gasteiger charge is 2.25. The normalized spacial score (nSPS) is 21.5. The van der Waals surface area contributed by atoms with E-state index < -0.39 is 0 Å². The quantitative estimate of drug-likeness (QED) is 0.757. The lowest BCUT2D eigenvalue weighted by Crippen LogP contribution is -2.37. The molecule has 1 N–H and O–H groups in total. The Labute approximate surface area is 122 Å². The van der Waals surface area contributed by atoms with Gasteiger partial charge < -0.3 is 14.7 Å². The number of likely N-dealkylation sites (tertiary alicyclic amines) is 1. The van der Waals surface area contributed by atoms with Crippen LogP contribution in [0.15, 0.2) is 36.3 Å². The summed E-state index contributed by atoms with van der Waals surface area (Å²) < 4.78 is 5.79. The molecule has 0 aromatic carbocycles. The topological polar surface area (TPSA) is 32.7 Å². The molecule has 0 bridgehead atoms. The fourth-order valence-electron chi connectivity index (χ4n) is 2.90. The maximum atomic E-state index is 9.89. The molecule has 1 fully saturated rings. The van der Waals surface area contributed by atoms with Crippen molar-refractivity contribution in [1.29, 1.82) is 0 Å². The van der Waals surface area contributed by atoms with E-state index in [1.54, 1.807) is 0 Å². The molecule has 2 rings (SSSR count). The summed E-state index contributed by atoms with van der Waals surface area (Å²) in [6, 6.07) is 0. The highest BCUT2D eigenvalue weighted by Crippen LogP contribution is 2.24. The Balaban J connectivity index is 1.72. The molecule has 1 aliphatic heterocycles. The Bertz CT molecular complexity index is 378. The van der Waals surface area contributed by atoms with Crippen molar-refractivity contribution in [2.24, 2.45) is 5.92 Å². The third-order valence-corrected chi connectivity index (χ3v) is 4.33. The average Bonchev–Trinajstić information content (AvgIpc) is 2.53. The van der Waals surface area contributed by atoms with E-state index in [1.807, 2.05) is 6.92 Å². The zero-order valence-electron chi connectivity index (χ0n) is 12.6. The van der Waals surface area contributed by atoms with E-state index in [4.69, 9.17) is 4.74 Å². The van der Waals surface area contributed by atoms with E-state index in [0.717, 1.165) is 51.1 Å². The van der Waals surface area contributed by atoms with Gasteiger partial charge in [-0.25, -0.2) is 0 Å². The van der Waals surface area contributed by atoms with Crippen molar-refractivity contribution in [2.75, 3.05) is 19.7 Å². The first-order chi connectivity index (χ1) is 9.70. The van der Waals surface area contributed by atoms with Gasteiger partial charge in [0.15, 0.2) is 5.88 Å². The molecule has 2 aliphatic rings. The summed E-state index contributed by atoms with van der Waals surface area (Å²) in [6.45, 7) is 8.59. The summed E-state index contributed by atoms with van der Waals surface area (Å²) in [7, 11) is 0. The van der Waals surface area contributed by atoms with Crippen LogP contribution in [0, 0.1) is 5.92 Å². The Hall–Kier alpha value is -1.22. The molecule has 0 aromatic rings. The van der Waals surface area contributed by atoms with Crippen molar-refractivity contribution < 1.29 is 9.84 Å². The van der Waals surface area contributed by atoms with Crippen LogP contribution in [0.25, 0.3) is 0 Å². The Morgan fingerprint density at radius 3 is 2.80 bits per heavy atom. The molecule has 1 atom stereocenters. The van der Waals surface area contributed by atoms with Gasteiger partial charge in [-0.1, -0.05) is 25.2 Å². The van der Waals surface area contributed by atoms with Crippen molar-refractivity contribution in [3.63, 3.8) is 0 Å². The van der Waals surface area contributed by atoms with Crippen molar-refractivity contribution in [3.05, 3.63) is 36.3 Å².